The molecule has 0 saturated carbocycles. The van der Waals surface area contributed by atoms with E-state index in [1.165, 1.54) is 0 Å². The van der Waals surface area contributed by atoms with Gasteiger partial charge in [-0.25, -0.2) is 0 Å². The standard InChI is InChI=1S/C5H4ClO/c1-4-2-3-7-5(4)6/h2H,1H3. The smallest absolute Gasteiger partial charge is 0.197 e. The van der Waals surface area contributed by atoms with Crippen molar-refractivity contribution in [3.63, 3.8) is 0 Å². The van der Waals surface area contributed by atoms with Crippen LogP contribution < -0.4 is 0 Å². The van der Waals surface area contributed by atoms with Crippen molar-refractivity contribution >= 4 is 11.6 Å². The van der Waals surface area contributed by atoms with Gasteiger partial charge in [0.2, 0.25) is 0 Å². The van der Waals surface area contributed by atoms with Gasteiger partial charge >= 0.3 is 0 Å². The third-order valence-electron chi connectivity index (χ3n) is 0.734. The van der Waals surface area contributed by atoms with E-state index < -0.39 is 0 Å². The predicted octanol–water partition coefficient (Wildman–Crippen LogP) is 2.04. The fourth-order valence-electron chi connectivity index (χ4n) is 0.307. The zero-order chi connectivity index (χ0) is 5.28. The largest absolute Gasteiger partial charge is 0.441 e. The van der Waals surface area contributed by atoms with Crippen LogP contribution in [0.5, 0.6) is 0 Å². The van der Waals surface area contributed by atoms with Crippen LogP contribution in [0.25, 0.3) is 0 Å². The van der Waals surface area contributed by atoms with E-state index in [1.54, 1.807) is 6.07 Å². The van der Waals surface area contributed by atoms with Crippen LogP contribution >= 0.6 is 11.6 Å². The molecule has 0 fully saturated rings. The molecule has 0 spiro atoms. The molecule has 0 aliphatic heterocycles. The molecule has 0 N–H and O–H groups in total. The summed E-state index contributed by atoms with van der Waals surface area (Å²) in [6.07, 6.45) is 2.49. The highest BCUT2D eigenvalue weighted by atomic mass is 35.5. The van der Waals surface area contributed by atoms with E-state index in [-0.39, 0.29) is 0 Å². The quantitative estimate of drug-likeness (QED) is 0.504. The Labute approximate surface area is 46.9 Å². The fourth-order valence-corrected chi connectivity index (χ4v) is 0.406. The first-order valence-electron chi connectivity index (χ1n) is 1.92. The molecule has 0 aliphatic carbocycles. The molecule has 0 bridgehead atoms. The number of hydrogen-bond acceptors (Lipinski definition) is 1. The van der Waals surface area contributed by atoms with Crippen molar-refractivity contribution in [2.75, 3.05) is 0 Å². The average Bonchev–Trinajstić information content (AvgIpc) is 1.91. The Bertz CT molecular complexity index is 140. The van der Waals surface area contributed by atoms with Crippen molar-refractivity contribution in [3.8, 4) is 0 Å². The van der Waals surface area contributed by atoms with Crippen LogP contribution in [-0.2, 0) is 0 Å². The number of furan rings is 1. The minimum atomic E-state index is 0.431. The summed E-state index contributed by atoms with van der Waals surface area (Å²) in [5, 5.41) is 0.431. The van der Waals surface area contributed by atoms with Crippen LogP contribution in [0.1, 0.15) is 5.56 Å². The molecule has 0 saturated heterocycles. The number of rotatable bonds is 0. The third-order valence-corrected chi connectivity index (χ3v) is 1.11. The number of aryl methyl sites for hydroxylation is 1. The SMILES string of the molecule is Cc1c[c]oc1Cl. The molecule has 0 atom stereocenters. The maximum atomic E-state index is 5.43. The third kappa shape index (κ3) is 0.775. The van der Waals surface area contributed by atoms with Crippen LogP contribution in [0, 0.1) is 13.2 Å². The van der Waals surface area contributed by atoms with Gasteiger partial charge in [0, 0.05) is 5.56 Å². The summed E-state index contributed by atoms with van der Waals surface area (Å²) in [7, 11) is 0. The van der Waals surface area contributed by atoms with E-state index in [1.807, 2.05) is 6.92 Å². The molecular formula is C5H4ClO. The summed E-state index contributed by atoms with van der Waals surface area (Å²) in [6.45, 7) is 1.86. The lowest BCUT2D eigenvalue weighted by Crippen LogP contribution is -1.56. The van der Waals surface area contributed by atoms with Crippen molar-refractivity contribution in [1.82, 2.24) is 0 Å². The van der Waals surface area contributed by atoms with Crippen molar-refractivity contribution in [3.05, 3.63) is 23.1 Å². The van der Waals surface area contributed by atoms with Crippen LogP contribution in [0.3, 0.4) is 0 Å². The molecule has 0 aliphatic rings. The summed E-state index contributed by atoms with van der Waals surface area (Å²) in [5.41, 5.74) is 0.932. The maximum Gasteiger partial charge on any atom is 0.197 e. The van der Waals surface area contributed by atoms with Crippen molar-refractivity contribution in [2.24, 2.45) is 0 Å². The highest BCUT2D eigenvalue weighted by Gasteiger charge is 1.92. The molecule has 1 aromatic rings. The summed E-state index contributed by atoms with van der Waals surface area (Å²) in [4.78, 5) is 0. The normalized spacial score (nSPS) is 9.43. The van der Waals surface area contributed by atoms with Gasteiger partial charge in [0.25, 0.3) is 0 Å². The maximum absolute atomic E-state index is 5.43. The summed E-state index contributed by atoms with van der Waals surface area (Å²) >= 11 is 5.43. The van der Waals surface area contributed by atoms with Crippen molar-refractivity contribution in [2.45, 2.75) is 6.92 Å². The second-order valence-corrected chi connectivity index (χ2v) is 1.66. The van der Waals surface area contributed by atoms with Gasteiger partial charge in [-0.05, 0) is 24.6 Å². The Morgan fingerprint density at radius 1 is 1.86 bits per heavy atom. The topological polar surface area (TPSA) is 13.1 Å². The van der Waals surface area contributed by atoms with Gasteiger partial charge in [0.15, 0.2) is 11.5 Å². The summed E-state index contributed by atoms with van der Waals surface area (Å²) in [5.74, 6) is 0. The van der Waals surface area contributed by atoms with E-state index in [9.17, 15) is 0 Å². The summed E-state index contributed by atoms with van der Waals surface area (Å²) in [6, 6.07) is 1.70. The first kappa shape index (κ1) is 4.72. The monoisotopic (exact) mass is 115 g/mol. The first-order valence-corrected chi connectivity index (χ1v) is 2.30. The molecule has 1 aromatic heterocycles. The molecule has 0 unspecified atom stereocenters. The highest BCUT2D eigenvalue weighted by Crippen LogP contribution is 2.13. The zero-order valence-corrected chi connectivity index (χ0v) is 4.62. The van der Waals surface area contributed by atoms with Crippen LogP contribution in [0.15, 0.2) is 10.5 Å². The second kappa shape index (κ2) is 1.58. The number of hydrogen-bond donors (Lipinski definition) is 0. The number of halogens is 1. The lowest BCUT2D eigenvalue weighted by atomic mass is 10.4. The van der Waals surface area contributed by atoms with Gasteiger partial charge in [-0.1, -0.05) is 0 Å². The van der Waals surface area contributed by atoms with E-state index in [0.29, 0.717) is 5.22 Å². The molecular weight excluding hydrogens is 112 g/mol. The Morgan fingerprint density at radius 2 is 2.57 bits per heavy atom. The molecule has 7 heavy (non-hydrogen) atoms. The lowest BCUT2D eigenvalue weighted by molar-refractivity contribution is 0.558. The molecule has 1 nitrogen and oxygen atoms in total. The van der Waals surface area contributed by atoms with Gasteiger partial charge in [0.1, 0.15) is 0 Å². The van der Waals surface area contributed by atoms with Gasteiger partial charge in [-0.3, -0.25) is 0 Å². The van der Waals surface area contributed by atoms with Gasteiger partial charge in [-0.2, -0.15) is 0 Å². The minimum Gasteiger partial charge on any atom is -0.441 e. The average molecular weight is 116 g/mol. The molecule has 0 aromatic carbocycles. The van der Waals surface area contributed by atoms with Crippen LogP contribution in [0.2, 0.25) is 5.22 Å². The Balaban J connectivity index is 3.12. The van der Waals surface area contributed by atoms with Gasteiger partial charge in [0.05, 0.1) is 0 Å². The Hall–Kier alpha value is -0.430. The van der Waals surface area contributed by atoms with Crippen molar-refractivity contribution < 1.29 is 4.42 Å². The Morgan fingerprint density at radius 3 is 2.71 bits per heavy atom. The van der Waals surface area contributed by atoms with Gasteiger partial charge in [-0.15, -0.1) is 0 Å². The van der Waals surface area contributed by atoms with E-state index >= 15 is 0 Å². The van der Waals surface area contributed by atoms with Crippen LogP contribution in [-0.4, -0.2) is 0 Å². The fraction of sp³-hybridized carbons (Fsp3) is 0.200. The lowest BCUT2D eigenvalue weighted by Gasteiger charge is -1.75. The van der Waals surface area contributed by atoms with Gasteiger partial charge < -0.3 is 4.42 Å². The minimum absolute atomic E-state index is 0.431. The van der Waals surface area contributed by atoms with Crippen LogP contribution in [0.4, 0.5) is 0 Å². The van der Waals surface area contributed by atoms with E-state index in [2.05, 4.69) is 10.7 Å². The van der Waals surface area contributed by atoms with Crippen molar-refractivity contribution in [1.29, 1.82) is 0 Å². The highest BCUT2D eigenvalue weighted by molar-refractivity contribution is 6.29. The zero-order valence-electron chi connectivity index (χ0n) is 3.86. The van der Waals surface area contributed by atoms with E-state index in [4.69, 9.17) is 11.6 Å². The molecule has 2 heteroatoms. The predicted molar refractivity (Wildman–Crippen MR) is 27.3 cm³/mol. The molecule has 0 amide bonds. The second-order valence-electron chi connectivity index (χ2n) is 1.32. The molecule has 37 valence electrons. The summed E-state index contributed by atoms with van der Waals surface area (Å²) < 4.78 is 4.60. The Kier molecular flexibility index (Phi) is 1.07. The molecule has 1 heterocycles. The molecule has 1 radical (unpaired) electrons. The van der Waals surface area contributed by atoms with E-state index in [0.717, 1.165) is 5.56 Å². The molecule has 1 rings (SSSR count). The first-order chi connectivity index (χ1) is 3.30.